The maximum absolute atomic E-state index is 11.3. The lowest BCUT2D eigenvalue weighted by Gasteiger charge is -2.28. The average molecular weight is 480 g/mol. The number of nitrogens with zero attached hydrogens (tertiary/aromatic N) is 2. The van der Waals surface area contributed by atoms with Crippen molar-refractivity contribution in [2.45, 2.75) is 44.6 Å². The summed E-state index contributed by atoms with van der Waals surface area (Å²) in [5.41, 5.74) is 7.73. The van der Waals surface area contributed by atoms with Crippen molar-refractivity contribution in [2.75, 3.05) is 50.8 Å². The number of nitrogens with two attached hydrogens (primary N) is 1. The Labute approximate surface area is 208 Å². The molecule has 0 unspecified atom stereocenters. The Morgan fingerprint density at radius 2 is 1.57 bits per heavy atom. The summed E-state index contributed by atoms with van der Waals surface area (Å²) in [6.07, 6.45) is 8.24. The summed E-state index contributed by atoms with van der Waals surface area (Å²) in [6.45, 7) is 6.98. The van der Waals surface area contributed by atoms with Crippen LogP contribution in [0.1, 0.15) is 48.0 Å². The highest BCUT2D eigenvalue weighted by molar-refractivity contribution is 6.42. The summed E-state index contributed by atoms with van der Waals surface area (Å²) < 4.78 is 11.0. The topological polar surface area (TPSA) is 85.1 Å². The summed E-state index contributed by atoms with van der Waals surface area (Å²) in [6, 6.07) is 15.6. The van der Waals surface area contributed by atoms with E-state index >= 15 is 0 Å². The minimum atomic E-state index is -0.927. The summed E-state index contributed by atoms with van der Waals surface area (Å²) >= 11 is 0. The highest BCUT2D eigenvalue weighted by atomic mass is 16.5. The van der Waals surface area contributed by atoms with Crippen molar-refractivity contribution in [3.63, 3.8) is 0 Å². The Hall–Kier alpha value is -2.90. The zero-order valence-electron chi connectivity index (χ0n) is 20.5. The standard InChI is InChI=1S/C16H23NO.C12H14N2O3/c1-2-12-17(11-1)13-3-4-14-5-7-15(8-6-14)18-16-9-10-16;13-12(16)11(15)9-1-3-10(4-2-9)14-5-7-17-8-6-14/h5-8,16H,1-4,9-13H2;1-4H,5-8H2,(H2,13,16). The van der Waals surface area contributed by atoms with E-state index in [1.54, 1.807) is 12.1 Å². The van der Waals surface area contributed by atoms with Crippen LogP contribution in [0.2, 0.25) is 0 Å². The predicted molar refractivity (Wildman–Crippen MR) is 137 cm³/mol. The molecule has 2 aromatic carbocycles. The number of primary amides is 1. The normalized spacial score (nSPS) is 18.0. The molecule has 3 fully saturated rings. The van der Waals surface area contributed by atoms with Gasteiger partial charge in [0.2, 0.25) is 5.78 Å². The van der Waals surface area contributed by atoms with Crippen LogP contribution in [0.15, 0.2) is 48.5 Å². The summed E-state index contributed by atoms with van der Waals surface area (Å²) in [4.78, 5) is 26.8. The minimum Gasteiger partial charge on any atom is -0.490 e. The lowest BCUT2D eigenvalue weighted by atomic mass is 10.1. The second-order valence-corrected chi connectivity index (χ2v) is 9.45. The van der Waals surface area contributed by atoms with E-state index in [2.05, 4.69) is 34.1 Å². The van der Waals surface area contributed by atoms with Gasteiger partial charge in [-0.1, -0.05) is 12.1 Å². The largest absolute Gasteiger partial charge is 0.490 e. The van der Waals surface area contributed by atoms with Gasteiger partial charge in [-0.3, -0.25) is 9.59 Å². The Kier molecular flexibility index (Phi) is 9.15. The molecule has 0 atom stereocenters. The number of hydrogen-bond donors (Lipinski definition) is 1. The van der Waals surface area contributed by atoms with Crippen molar-refractivity contribution in [3.8, 4) is 5.75 Å². The molecule has 1 amide bonds. The second-order valence-electron chi connectivity index (χ2n) is 9.45. The van der Waals surface area contributed by atoms with Gasteiger partial charge in [0.15, 0.2) is 0 Å². The lowest BCUT2D eigenvalue weighted by Crippen LogP contribution is -2.36. The highest BCUT2D eigenvalue weighted by Gasteiger charge is 2.23. The molecule has 0 bridgehead atoms. The average Bonchev–Trinajstić information content (AvgIpc) is 3.56. The first-order valence-electron chi connectivity index (χ1n) is 12.8. The molecular weight excluding hydrogens is 442 g/mol. The molecule has 35 heavy (non-hydrogen) atoms. The van der Waals surface area contributed by atoms with Crippen LogP contribution < -0.4 is 15.4 Å². The zero-order valence-corrected chi connectivity index (χ0v) is 20.5. The molecule has 0 aromatic heterocycles. The predicted octanol–water partition coefficient (Wildman–Crippen LogP) is 3.45. The van der Waals surface area contributed by atoms with E-state index in [0.29, 0.717) is 24.9 Å². The number of Topliss-reactive ketones (excluding diaryl/α,β-unsaturated/α-hetero) is 1. The summed E-state index contributed by atoms with van der Waals surface area (Å²) in [7, 11) is 0. The molecule has 2 saturated heterocycles. The summed E-state index contributed by atoms with van der Waals surface area (Å²) in [5.74, 6) is -0.538. The monoisotopic (exact) mass is 479 g/mol. The van der Waals surface area contributed by atoms with Crippen LogP contribution in [0, 0.1) is 0 Å². The van der Waals surface area contributed by atoms with E-state index in [9.17, 15) is 9.59 Å². The number of carbonyl (C=O) groups excluding carboxylic acids is 2. The maximum Gasteiger partial charge on any atom is 0.289 e. The van der Waals surface area contributed by atoms with Gasteiger partial charge in [-0.25, -0.2) is 0 Å². The van der Waals surface area contributed by atoms with Crippen LogP contribution in [-0.4, -0.2) is 68.6 Å². The number of rotatable bonds is 9. The molecule has 188 valence electrons. The zero-order chi connectivity index (χ0) is 24.5. The Morgan fingerprint density at radius 1 is 0.914 bits per heavy atom. The molecule has 5 rings (SSSR count). The van der Waals surface area contributed by atoms with Crippen molar-refractivity contribution < 1.29 is 19.1 Å². The SMILES string of the molecule is NC(=O)C(=O)c1ccc(N2CCOCC2)cc1.c1cc(OC2CC2)ccc1CCCN1CCCC1. The quantitative estimate of drug-likeness (QED) is 0.438. The Balaban J connectivity index is 0.000000165. The van der Waals surface area contributed by atoms with Crippen molar-refractivity contribution in [1.82, 2.24) is 4.90 Å². The number of ketones is 1. The molecule has 7 nitrogen and oxygen atoms in total. The molecule has 2 heterocycles. The van der Waals surface area contributed by atoms with Gasteiger partial charge in [-0.2, -0.15) is 0 Å². The molecule has 0 spiro atoms. The maximum atomic E-state index is 11.3. The fourth-order valence-corrected chi connectivity index (χ4v) is 4.41. The molecule has 1 aliphatic carbocycles. The number of likely N-dealkylation sites (tertiary alicyclic amines) is 1. The number of hydrogen-bond acceptors (Lipinski definition) is 6. The van der Waals surface area contributed by atoms with Gasteiger partial charge >= 0.3 is 0 Å². The Bertz CT molecular complexity index is 945. The van der Waals surface area contributed by atoms with E-state index < -0.39 is 11.7 Å². The van der Waals surface area contributed by atoms with Crippen LogP contribution in [0.4, 0.5) is 5.69 Å². The first-order valence-corrected chi connectivity index (χ1v) is 12.8. The number of aryl methyl sites for hydroxylation is 1. The van der Waals surface area contributed by atoms with Crippen LogP contribution in [-0.2, 0) is 16.0 Å². The lowest BCUT2D eigenvalue weighted by molar-refractivity contribution is -0.114. The fraction of sp³-hybridized carbons (Fsp3) is 0.500. The molecule has 2 aromatic rings. The minimum absolute atomic E-state index is 0.328. The number of amides is 1. The molecule has 2 aliphatic heterocycles. The van der Waals surface area contributed by atoms with Gasteiger partial charge in [-0.05, 0) is 100 Å². The van der Waals surface area contributed by atoms with Gasteiger partial charge in [0.1, 0.15) is 5.75 Å². The number of carbonyl (C=O) groups is 2. The number of benzene rings is 2. The van der Waals surface area contributed by atoms with Gasteiger partial charge in [0, 0.05) is 24.3 Å². The van der Waals surface area contributed by atoms with E-state index in [-0.39, 0.29) is 0 Å². The van der Waals surface area contributed by atoms with Crippen molar-refractivity contribution in [2.24, 2.45) is 5.73 Å². The molecule has 0 radical (unpaired) electrons. The first kappa shape index (κ1) is 25.2. The third kappa shape index (κ3) is 8.08. The molecule has 1 saturated carbocycles. The number of morpholine rings is 1. The van der Waals surface area contributed by atoms with Crippen molar-refractivity contribution >= 4 is 17.4 Å². The van der Waals surface area contributed by atoms with Crippen molar-refractivity contribution in [3.05, 3.63) is 59.7 Å². The van der Waals surface area contributed by atoms with Gasteiger partial charge in [-0.15, -0.1) is 0 Å². The van der Waals surface area contributed by atoms with Crippen LogP contribution in [0.5, 0.6) is 5.75 Å². The molecule has 3 aliphatic rings. The van der Waals surface area contributed by atoms with Gasteiger partial charge in [0.25, 0.3) is 5.91 Å². The molecule has 7 heteroatoms. The van der Waals surface area contributed by atoms with Crippen LogP contribution in [0.25, 0.3) is 0 Å². The number of ether oxygens (including phenoxy) is 2. The summed E-state index contributed by atoms with van der Waals surface area (Å²) in [5, 5.41) is 0. The fourth-order valence-electron chi connectivity index (χ4n) is 4.41. The first-order chi connectivity index (χ1) is 17.1. The van der Waals surface area contributed by atoms with E-state index in [1.807, 2.05) is 12.1 Å². The third-order valence-electron chi connectivity index (χ3n) is 6.62. The number of anilines is 1. The van der Waals surface area contributed by atoms with E-state index in [0.717, 1.165) is 24.5 Å². The van der Waals surface area contributed by atoms with Crippen LogP contribution >= 0.6 is 0 Å². The molecular formula is C28H37N3O4. The van der Waals surface area contributed by atoms with Gasteiger partial charge in [0.05, 0.1) is 19.3 Å². The van der Waals surface area contributed by atoms with Crippen LogP contribution in [0.3, 0.4) is 0 Å². The van der Waals surface area contributed by atoms with Crippen molar-refractivity contribution in [1.29, 1.82) is 0 Å². The van der Waals surface area contributed by atoms with Gasteiger partial charge < -0.3 is 25.0 Å². The van der Waals surface area contributed by atoms with E-state index in [4.69, 9.17) is 15.2 Å². The second kappa shape index (κ2) is 12.7. The molecule has 2 N–H and O–H groups in total. The van der Waals surface area contributed by atoms with E-state index in [1.165, 1.54) is 63.7 Å². The highest BCUT2D eigenvalue weighted by Crippen LogP contribution is 2.27. The third-order valence-corrected chi connectivity index (χ3v) is 6.62. The Morgan fingerprint density at radius 3 is 2.17 bits per heavy atom. The smallest absolute Gasteiger partial charge is 0.289 e.